The van der Waals surface area contributed by atoms with Crippen LogP contribution in [0.15, 0.2) is 11.1 Å². The summed E-state index contributed by atoms with van der Waals surface area (Å²) >= 11 is 0. The lowest BCUT2D eigenvalue weighted by molar-refractivity contribution is -0.143. The van der Waals surface area contributed by atoms with Crippen LogP contribution in [0.5, 0.6) is 0 Å². The van der Waals surface area contributed by atoms with Crippen LogP contribution < -0.4 is 5.32 Å². The second-order valence-electron chi connectivity index (χ2n) is 4.54. The second kappa shape index (κ2) is 4.69. The van der Waals surface area contributed by atoms with Gasteiger partial charge < -0.3 is 10.1 Å². The van der Waals surface area contributed by atoms with Crippen molar-refractivity contribution in [2.75, 3.05) is 6.61 Å². The summed E-state index contributed by atoms with van der Waals surface area (Å²) in [6, 6.07) is 0. The molecule has 0 atom stereocenters. The Morgan fingerprint density at radius 1 is 1.35 bits per heavy atom. The molecule has 0 aromatic carbocycles. The number of amides is 1. The van der Waals surface area contributed by atoms with E-state index in [1.54, 1.807) is 13.8 Å². The Morgan fingerprint density at radius 2 is 1.94 bits per heavy atom. The number of ether oxygens (including phenoxy) is 1. The third-order valence-corrected chi connectivity index (χ3v) is 2.58. The number of hydrogen-bond donors (Lipinski definition) is 1. The van der Waals surface area contributed by atoms with Gasteiger partial charge in [-0.15, -0.1) is 0 Å². The molecule has 5 heteroatoms. The predicted molar refractivity (Wildman–Crippen MR) is 61.2 cm³/mol. The monoisotopic (exact) mass is 239 g/mol. The Morgan fingerprint density at radius 3 is 2.47 bits per heavy atom. The zero-order valence-corrected chi connectivity index (χ0v) is 10.5. The first-order valence-corrected chi connectivity index (χ1v) is 5.56. The van der Waals surface area contributed by atoms with Crippen molar-refractivity contribution in [3.8, 4) is 0 Å². The SMILES string of the molecule is CCCOC(=O)C1=C(C)C(=O)NC(C)(C)C1=O. The van der Waals surface area contributed by atoms with E-state index in [0.29, 0.717) is 6.42 Å². The zero-order valence-electron chi connectivity index (χ0n) is 10.5. The highest BCUT2D eigenvalue weighted by atomic mass is 16.5. The number of carbonyl (C=O) groups is 3. The molecule has 1 aliphatic rings. The first-order chi connectivity index (χ1) is 7.81. The van der Waals surface area contributed by atoms with E-state index in [0.717, 1.165) is 0 Å². The van der Waals surface area contributed by atoms with Crippen LogP contribution in [0.1, 0.15) is 34.1 Å². The van der Waals surface area contributed by atoms with Gasteiger partial charge in [0.25, 0.3) is 0 Å². The van der Waals surface area contributed by atoms with E-state index >= 15 is 0 Å². The van der Waals surface area contributed by atoms with Crippen molar-refractivity contribution >= 4 is 17.7 Å². The molecule has 0 aromatic heterocycles. The molecule has 1 aliphatic heterocycles. The molecule has 0 aromatic rings. The highest BCUT2D eigenvalue weighted by molar-refractivity contribution is 6.27. The number of Topliss-reactive ketones (excluding diaryl/α,β-unsaturated/α-hetero) is 1. The molecule has 94 valence electrons. The zero-order chi connectivity index (χ0) is 13.2. The molecule has 0 bridgehead atoms. The number of esters is 1. The van der Waals surface area contributed by atoms with Gasteiger partial charge in [-0.05, 0) is 27.2 Å². The minimum absolute atomic E-state index is 0.121. The van der Waals surface area contributed by atoms with Crippen LogP contribution in [0.25, 0.3) is 0 Å². The average molecular weight is 239 g/mol. The largest absolute Gasteiger partial charge is 0.462 e. The van der Waals surface area contributed by atoms with Crippen molar-refractivity contribution in [2.24, 2.45) is 0 Å². The number of hydrogen-bond acceptors (Lipinski definition) is 4. The van der Waals surface area contributed by atoms with E-state index in [2.05, 4.69) is 5.32 Å². The summed E-state index contributed by atoms with van der Waals surface area (Å²) in [6.45, 7) is 6.67. The van der Waals surface area contributed by atoms with Crippen LogP contribution in [0.4, 0.5) is 0 Å². The number of rotatable bonds is 3. The Labute approximate surface area is 100 Å². The lowest BCUT2D eigenvalue weighted by atomic mass is 9.86. The van der Waals surface area contributed by atoms with Gasteiger partial charge in [-0.2, -0.15) is 0 Å². The Balaban J connectivity index is 3.09. The molecule has 17 heavy (non-hydrogen) atoms. The molecule has 0 saturated heterocycles. The van der Waals surface area contributed by atoms with E-state index in [4.69, 9.17) is 4.74 Å². The topological polar surface area (TPSA) is 72.5 Å². The molecule has 1 amide bonds. The maximum Gasteiger partial charge on any atom is 0.342 e. The van der Waals surface area contributed by atoms with Crippen molar-refractivity contribution in [3.63, 3.8) is 0 Å². The highest BCUT2D eigenvalue weighted by Crippen LogP contribution is 2.22. The highest BCUT2D eigenvalue weighted by Gasteiger charge is 2.41. The fourth-order valence-corrected chi connectivity index (χ4v) is 1.54. The fourth-order valence-electron chi connectivity index (χ4n) is 1.54. The van der Waals surface area contributed by atoms with Gasteiger partial charge in [-0.25, -0.2) is 4.79 Å². The number of ketones is 1. The first-order valence-electron chi connectivity index (χ1n) is 5.56. The smallest absolute Gasteiger partial charge is 0.342 e. The van der Waals surface area contributed by atoms with Crippen molar-refractivity contribution in [2.45, 2.75) is 39.7 Å². The molecule has 0 spiro atoms. The lowest BCUT2D eigenvalue weighted by Gasteiger charge is -2.30. The first kappa shape index (κ1) is 13.4. The van der Waals surface area contributed by atoms with Crippen LogP contribution >= 0.6 is 0 Å². The Hall–Kier alpha value is -1.65. The molecule has 5 nitrogen and oxygen atoms in total. The summed E-state index contributed by atoms with van der Waals surface area (Å²) in [5, 5.41) is 2.54. The molecule has 0 unspecified atom stereocenters. The summed E-state index contributed by atoms with van der Waals surface area (Å²) in [7, 11) is 0. The summed E-state index contributed by atoms with van der Waals surface area (Å²) in [6.07, 6.45) is 0.668. The van der Waals surface area contributed by atoms with E-state index < -0.39 is 23.2 Å². The van der Waals surface area contributed by atoms with E-state index in [1.165, 1.54) is 6.92 Å². The standard InChI is InChI=1S/C12H17NO4/c1-5-6-17-11(16)8-7(2)10(15)13-12(3,4)9(8)14/h5-6H2,1-4H3,(H,13,15). The van der Waals surface area contributed by atoms with Gasteiger partial charge in [0.1, 0.15) is 5.57 Å². The molecule has 0 fully saturated rings. The predicted octanol–water partition coefficient (Wildman–Crippen LogP) is 0.734. The van der Waals surface area contributed by atoms with Crippen LogP contribution in [-0.2, 0) is 19.1 Å². The molecule has 1 rings (SSSR count). The molecule has 0 radical (unpaired) electrons. The van der Waals surface area contributed by atoms with Gasteiger partial charge in [-0.3, -0.25) is 9.59 Å². The minimum atomic E-state index is -1.06. The van der Waals surface area contributed by atoms with Gasteiger partial charge in [0.15, 0.2) is 5.78 Å². The van der Waals surface area contributed by atoms with Crippen molar-refractivity contribution < 1.29 is 19.1 Å². The van der Waals surface area contributed by atoms with Gasteiger partial charge in [0.05, 0.1) is 12.1 Å². The van der Waals surface area contributed by atoms with Crippen LogP contribution in [0, 0.1) is 0 Å². The molecule has 1 N–H and O–H groups in total. The summed E-state index contributed by atoms with van der Waals surface area (Å²) in [4.78, 5) is 35.4. The lowest BCUT2D eigenvalue weighted by Crippen LogP contribution is -2.55. The molecular weight excluding hydrogens is 222 g/mol. The van der Waals surface area contributed by atoms with E-state index in [9.17, 15) is 14.4 Å². The Kier molecular flexibility index (Phi) is 3.70. The Bertz CT molecular complexity index is 407. The van der Waals surface area contributed by atoms with Crippen LogP contribution in [0.2, 0.25) is 0 Å². The normalized spacial score (nSPS) is 19.1. The number of nitrogens with one attached hydrogen (secondary N) is 1. The average Bonchev–Trinajstić information content (AvgIpc) is 2.23. The van der Waals surface area contributed by atoms with Gasteiger partial charge in [-0.1, -0.05) is 6.92 Å². The van der Waals surface area contributed by atoms with Gasteiger partial charge in [0, 0.05) is 5.57 Å². The molecular formula is C12H17NO4. The second-order valence-corrected chi connectivity index (χ2v) is 4.54. The maximum absolute atomic E-state index is 12.0. The molecule has 0 aliphatic carbocycles. The summed E-state index contributed by atoms with van der Waals surface area (Å²) in [5.41, 5.74) is -1.07. The quantitative estimate of drug-likeness (QED) is 0.582. The van der Waals surface area contributed by atoms with E-state index in [-0.39, 0.29) is 17.8 Å². The van der Waals surface area contributed by atoms with Gasteiger partial charge >= 0.3 is 5.97 Å². The summed E-state index contributed by atoms with van der Waals surface area (Å²) < 4.78 is 4.92. The molecule has 0 saturated carbocycles. The minimum Gasteiger partial charge on any atom is -0.462 e. The summed E-state index contributed by atoms with van der Waals surface area (Å²) in [5.74, 6) is -1.52. The third kappa shape index (κ3) is 2.54. The van der Waals surface area contributed by atoms with Gasteiger partial charge in [0.2, 0.25) is 5.91 Å². The van der Waals surface area contributed by atoms with Crippen molar-refractivity contribution in [3.05, 3.63) is 11.1 Å². The number of carbonyl (C=O) groups excluding carboxylic acids is 3. The van der Waals surface area contributed by atoms with Crippen LogP contribution in [0.3, 0.4) is 0 Å². The maximum atomic E-state index is 12.0. The fraction of sp³-hybridized carbons (Fsp3) is 0.583. The van der Waals surface area contributed by atoms with Crippen molar-refractivity contribution in [1.29, 1.82) is 0 Å². The molecule has 1 heterocycles. The van der Waals surface area contributed by atoms with Crippen LogP contribution in [-0.4, -0.2) is 29.8 Å². The van der Waals surface area contributed by atoms with E-state index in [1.807, 2.05) is 6.92 Å². The third-order valence-electron chi connectivity index (χ3n) is 2.58. The van der Waals surface area contributed by atoms with Crippen molar-refractivity contribution in [1.82, 2.24) is 5.32 Å².